The van der Waals surface area contributed by atoms with Crippen LogP contribution in [0.3, 0.4) is 0 Å². The molecule has 1 fully saturated rings. The third-order valence-electron chi connectivity index (χ3n) is 3.77. The third kappa shape index (κ3) is 2.95. The topological polar surface area (TPSA) is 58.4 Å². The largest absolute Gasteiger partial charge is 0.444 e. The number of hydrogen-bond donors (Lipinski definition) is 1. The fraction of sp³-hybridized carbons (Fsp3) is 0.250. The molecular weight excluding hydrogens is 330 g/mol. The van der Waals surface area contributed by atoms with Crippen molar-refractivity contribution in [3.8, 4) is 10.8 Å². The van der Waals surface area contributed by atoms with Crippen LogP contribution >= 0.6 is 22.7 Å². The van der Waals surface area contributed by atoms with E-state index in [1.807, 2.05) is 35.0 Å². The van der Waals surface area contributed by atoms with E-state index in [4.69, 9.17) is 4.42 Å². The molecule has 0 aromatic carbocycles. The van der Waals surface area contributed by atoms with E-state index in [-0.39, 0.29) is 11.9 Å². The SMILES string of the molecule is O=C1NCCN(Cc2coc(-c3cccs3)n2)[C@H]1c1cccs1. The molecule has 1 aliphatic heterocycles. The lowest BCUT2D eigenvalue weighted by Gasteiger charge is -2.33. The maximum Gasteiger partial charge on any atom is 0.242 e. The van der Waals surface area contributed by atoms with Gasteiger partial charge in [0, 0.05) is 24.5 Å². The smallest absolute Gasteiger partial charge is 0.242 e. The van der Waals surface area contributed by atoms with Crippen molar-refractivity contribution in [1.29, 1.82) is 0 Å². The van der Waals surface area contributed by atoms with Crippen LogP contribution in [0.1, 0.15) is 16.6 Å². The first-order valence-electron chi connectivity index (χ1n) is 7.35. The zero-order valence-electron chi connectivity index (χ0n) is 12.3. The highest BCUT2D eigenvalue weighted by Gasteiger charge is 2.32. The minimum Gasteiger partial charge on any atom is -0.444 e. The normalized spacial score (nSPS) is 19.0. The van der Waals surface area contributed by atoms with Crippen LogP contribution in [0.25, 0.3) is 10.8 Å². The molecule has 7 heteroatoms. The van der Waals surface area contributed by atoms with Crippen molar-refractivity contribution in [2.75, 3.05) is 13.1 Å². The van der Waals surface area contributed by atoms with Crippen LogP contribution in [-0.4, -0.2) is 28.9 Å². The van der Waals surface area contributed by atoms with Crippen molar-refractivity contribution in [3.05, 3.63) is 51.9 Å². The summed E-state index contributed by atoms with van der Waals surface area (Å²) in [6.07, 6.45) is 1.69. The number of piperazine rings is 1. The van der Waals surface area contributed by atoms with Crippen LogP contribution in [0.15, 0.2) is 45.7 Å². The van der Waals surface area contributed by atoms with E-state index in [1.165, 1.54) is 0 Å². The van der Waals surface area contributed by atoms with Gasteiger partial charge in [0.2, 0.25) is 11.8 Å². The molecule has 1 aliphatic rings. The number of rotatable bonds is 4. The van der Waals surface area contributed by atoms with E-state index in [2.05, 4.69) is 15.2 Å². The third-order valence-corrected chi connectivity index (χ3v) is 5.56. The van der Waals surface area contributed by atoms with Crippen LogP contribution in [0.2, 0.25) is 0 Å². The van der Waals surface area contributed by atoms with Gasteiger partial charge in [0.05, 0.1) is 10.6 Å². The van der Waals surface area contributed by atoms with Gasteiger partial charge >= 0.3 is 0 Å². The van der Waals surface area contributed by atoms with Crippen molar-refractivity contribution >= 4 is 28.6 Å². The Morgan fingerprint density at radius 2 is 2.17 bits per heavy atom. The second-order valence-corrected chi connectivity index (χ2v) is 7.23. The second-order valence-electron chi connectivity index (χ2n) is 5.30. The monoisotopic (exact) mass is 345 g/mol. The minimum atomic E-state index is -0.245. The minimum absolute atomic E-state index is 0.0562. The average molecular weight is 345 g/mol. The van der Waals surface area contributed by atoms with E-state index in [1.54, 1.807) is 28.9 Å². The summed E-state index contributed by atoms with van der Waals surface area (Å²) < 4.78 is 5.58. The summed E-state index contributed by atoms with van der Waals surface area (Å²) >= 11 is 3.21. The highest BCUT2D eigenvalue weighted by atomic mass is 32.1. The van der Waals surface area contributed by atoms with Gasteiger partial charge in [-0.1, -0.05) is 12.1 Å². The van der Waals surface area contributed by atoms with Gasteiger partial charge < -0.3 is 9.73 Å². The lowest BCUT2D eigenvalue weighted by Crippen LogP contribution is -2.49. The fourth-order valence-electron chi connectivity index (χ4n) is 2.74. The van der Waals surface area contributed by atoms with Crippen molar-refractivity contribution in [1.82, 2.24) is 15.2 Å². The summed E-state index contributed by atoms with van der Waals surface area (Å²) in [6.45, 7) is 2.07. The summed E-state index contributed by atoms with van der Waals surface area (Å²) in [4.78, 5) is 21.1. The molecule has 0 bridgehead atoms. The van der Waals surface area contributed by atoms with E-state index in [0.717, 1.165) is 22.0 Å². The van der Waals surface area contributed by atoms with E-state index < -0.39 is 0 Å². The molecule has 3 aromatic rings. The Labute approximate surface area is 141 Å². The number of oxazole rings is 1. The van der Waals surface area contributed by atoms with Gasteiger partial charge in [0.25, 0.3) is 0 Å². The molecule has 23 heavy (non-hydrogen) atoms. The predicted molar refractivity (Wildman–Crippen MR) is 90.3 cm³/mol. The molecule has 4 heterocycles. The Kier molecular flexibility index (Phi) is 3.99. The zero-order chi connectivity index (χ0) is 15.6. The van der Waals surface area contributed by atoms with Crippen LogP contribution in [0.5, 0.6) is 0 Å². The lowest BCUT2D eigenvalue weighted by atomic mass is 10.1. The van der Waals surface area contributed by atoms with E-state index in [9.17, 15) is 4.79 Å². The van der Waals surface area contributed by atoms with E-state index >= 15 is 0 Å². The maximum absolute atomic E-state index is 12.3. The van der Waals surface area contributed by atoms with Crippen molar-refractivity contribution in [2.45, 2.75) is 12.6 Å². The molecule has 4 rings (SSSR count). The Morgan fingerprint density at radius 1 is 1.30 bits per heavy atom. The summed E-state index contributed by atoms with van der Waals surface area (Å²) in [5.41, 5.74) is 0.852. The molecule has 0 spiro atoms. The van der Waals surface area contributed by atoms with Crippen LogP contribution in [0.4, 0.5) is 0 Å². The van der Waals surface area contributed by atoms with Crippen molar-refractivity contribution in [2.24, 2.45) is 0 Å². The Morgan fingerprint density at radius 3 is 2.96 bits per heavy atom. The van der Waals surface area contributed by atoms with Gasteiger partial charge in [0.1, 0.15) is 12.3 Å². The van der Waals surface area contributed by atoms with Crippen molar-refractivity contribution in [3.63, 3.8) is 0 Å². The maximum atomic E-state index is 12.3. The second kappa shape index (κ2) is 6.27. The number of nitrogens with zero attached hydrogens (tertiary/aromatic N) is 2. The summed E-state index contributed by atoms with van der Waals surface area (Å²) in [5, 5.41) is 6.95. The molecular formula is C16H15N3O2S2. The van der Waals surface area contributed by atoms with Gasteiger partial charge in [-0.15, -0.1) is 22.7 Å². The average Bonchev–Trinajstić information content (AvgIpc) is 3.30. The molecule has 118 valence electrons. The van der Waals surface area contributed by atoms with Crippen molar-refractivity contribution < 1.29 is 9.21 Å². The van der Waals surface area contributed by atoms with Gasteiger partial charge in [-0.05, 0) is 22.9 Å². The fourth-order valence-corrected chi connectivity index (χ4v) is 4.25. The Balaban J connectivity index is 1.56. The van der Waals surface area contributed by atoms with Crippen LogP contribution < -0.4 is 5.32 Å². The number of aromatic nitrogens is 1. The first kappa shape index (κ1) is 14.6. The molecule has 0 unspecified atom stereocenters. The molecule has 0 saturated carbocycles. The van der Waals surface area contributed by atoms with Gasteiger partial charge in [-0.3, -0.25) is 9.69 Å². The molecule has 1 N–H and O–H groups in total. The summed E-state index contributed by atoms with van der Waals surface area (Å²) in [6, 6.07) is 7.71. The highest BCUT2D eigenvalue weighted by Crippen LogP contribution is 2.29. The number of amides is 1. The lowest BCUT2D eigenvalue weighted by molar-refractivity contribution is -0.129. The summed E-state index contributed by atoms with van der Waals surface area (Å²) in [5.74, 6) is 0.699. The number of hydrogen-bond acceptors (Lipinski definition) is 6. The molecule has 3 aromatic heterocycles. The van der Waals surface area contributed by atoms with Gasteiger partial charge in [-0.25, -0.2) is 4.98 Å². The highest BCUT2D eigenvalue weighted by molar-refractivity contribution is 7.13. The Bertz CT molecular complexity index is 780. The zero-order valence-corrected chi connectivity index (χ0v) is 13.9. The Hall–Kier alpha value is -1.96. The molecule has 5 nitrogen and oxygen atoms in total. The molecule has 0 aliphatic carbocycles. The molecule has 1 saturated heterocycles. The van der Waals surface area contributed by atoms with E-state index in [0.29, 0.717) is 19.0 Å². The number of thiophene rings is 2. The quantitative estimate of drug-likeness (QED) is 0.789. The summed E-state index contributed by atoms with van der Waals surface area (Å²) in [7, 11) is 0. The first-order chi connectivity index (χ1) is 11.3. The number of nitrogens with one attached hydrogen (secondary N) is 1. The van der Waals surface area contributed by atoms with Crippen LogP contribution in [-0.2, 0) is 11.3 Å². The van der Waals surface area contributed by atoms with Gasteiger partial charge in [0.15, 0.2) is 0 Å². The molecule has 1 atom stereocenters. The van der Waals surface area contributed by atoms with Crippen LogP contribution in [0, 0.1) is 0 Å². The number of carbonyl (C=O) groups excluding carboxylic acids is 1. The molecule has 0 radical (unpaired) electrons. The predicted octanol–water partition coefficient (Wildman–Crippen LogP) is 3.14. The standard InChI is InChI=1S/C16H15N3O2S2/c20-15-14(12-3-1-7-22-12)19(6-5-17-15)9-11-10-21-16(18-11)13-4-2-8-23-13/h1-4,7-8,10,14H,5-6,9H2,(H,17,20)/t14-/m0/s1. The first-order valence-corrected chi connectivity index (χ1v) is 9.10. The number of carbonyl (C=O) groups is 1. The van der Waals surface area contributed by atoms with Gasteiger partial charge in [-0.2, -0.15) is 0 Å². The molecule has 1 amide bonds.